The Bertz CT molecular complexity index is 429. The van der Waals surface area contributed by atoms with Gasteiger partial charge in [0.05, 0.1) is 11.8 Å². The second-order valence-corrected chi connectivity index (χ2v) is 5.97. The van der Waals surface area contributed by atoms with E-state index in [1.165, 1.54) is 12.8 Å². The third kappa shape index (κ3) is 3.81. The molecule has 0 saturated carbocycles. The molecule has 2 unspecified atom stereocenters. The van der Waals surface area contributed by atoms with Crippen LogP contribution in [0.15, 0.2) is 30.3 Å². The largest absolute Gasteiger partial charge is 0.387 e. The molecule has 1 aliphatic rings. The van der Waals surface area contributed by atoms with Crippen molar-refractivity contribution < 1.29 is 0 Å². The van der Waals surface area contributed by atoms with Crippen LogP contribution in [-0.2, 0) is 0 Å². The van der Waals surface area contributed by atoms with Gasteiger partial charge in [0, 0.05) is 19.1 Å². The first-order valence-corrected chi connectivity index (χ1v) is 7.35. The number of amidine groups is 1. The molecule has 0 amide bonds. The third-order valence-corrected chi connectivity index (χ3v) is 4.07. The van der Waals surface area contributed by atoms with E-state index in [-0.39, 0.29) is 11.8 Å². The van der Waals surface area contributed by atoms with E-state index in [0.717, 1.165) is 25.2 Å². The lowest BCUT2D eigenvalue weighted by atomic mass is 9.97. The summed E-state index contributed by atoms with van der Waals surface area (Å²) in [7, 11) is 4.24. The number of nitrogens with zero attached hydrogens (tertiary/aromatic N) is 2. The van der Waals surface area contributed by atoms with Gasteiger partial charge in [-0.3, -0.25) is 10.3 Å². The third-order valence-electron chi connectivity index (χ3n) is 4.07. The zero-order chi connectivity index (χ0) is 14.5. The molecule has 2 rings (SSSR count). The van der Waals surface area contributed by atoms with Gasteiger partial charge in [-0.05, 0) is 39.0 Å². The van der Waals surface area contributed by atoms with E-state index in [4.69, 9.17) is 11.1 Å². The van der Waals surface area contributed by atoms with E-state index in [9.17, 15) is 0 Å². The topological polar surface area (TPSA) is 56.4 Å². The molecule has 1 aromatic rings. The molecule has 0 aromatic heterocycles. The van der Waals surface area contributed by atoms with Crippen molar-refractivity contribution in [3.63, 3.8) is 0 Å². The van der Waals surface area contributed by atoms with Crippen molar-refractivity contribution in [3.05, 3.63) is 35.9 Å². The van der Waals surface area contributed by atoms with Crippen molar-refractivity contribution in [2.24, 2.45) is 5.73 Å². The molecule has 1 fully saturated rings. The summed E-state index contributed by atoms with van der Waals surface area (Å²) < 4.78 is 0. The van der Waals surface area contributed by atoms with Crippen LogP contribution in [0, 0.1) is 5.41 Å². The van der Waals surface area contributed by atoms with Crippen molar-refractivity contribution >= 4 is 5.84 Å². The van der Waals surface area contributed by atoms with Crippen molar-refractivity contribution in [1.82, 2.24) is 9.80 Å². The molecule has 1 saturated heterocycles. The van der Waals surface area contributed by atoms with Crippen LogP contribution in [0.2, 0.25) is 0 Å². The first-order valence-electron chi connectivity index (χ1n) is 7.35. The van der Waals surface area contributed by atoms with Crippen LogP contribution in [0.3, 0.4) is 0 Å². The molecule has 2 atom stereocenters. The van der Waals surface area contributed by atoms with Crippen LogP contribution in [0.5, 0.6) is 0 Å². The molecular formula is C16H26N4. The Morgan fingerprint density at radius 3 is 2.70 bits per heavy atom. The van der Waals surface area contributed by atoms with E-state index in [1.807, 2.05) is 18.2 Å². The lowest BCUT2D eigenvalue weighted by molar-refractivity contribution is 0.206. The number of benzene rings is 1. The molecule has 0 aliphatic carbocycles. The van der Waals surface area contributed by atoms with E-state index >= 15 is 0 Å². The predicted molar refractivity (Wildman–Crippen MR) is 84.2 cm³/mol. The summed E-state index contributed by atoms with van der Waals surface area (Å²) in [4.78, 5) is 4.74. The number of likely N-dealkylation sites (tertiary alicyclic amines) is 1. The second kappa shape index (κ2) is 6.86. The molecule has 0 bridgehead atoms. The van der Waals surface area contributed by atoms with Gasteiger partial charge in [-0.15, -0.1) is 0 Å². The molecule has 20 heavy (non-hydrogen) atoms. The Hall–Kier alpha value is -1.39. The lowest BCUT2D eigenvalue weighted by Crippen LogP contribution is -2.41. The minimum absolute atomic E-state index is 0.0129. The number of nitrogens with two attached hydrogens (primary N) is 1. The molecule has 1 heterocycles. The predicted octanol–water partition coefficient (Wildman–Crippen LogP) is 1.73. The van der Waals surface area contributed by atoms with Crippen LogP contribution in [0.1, 0.15) is 24.3 Å². The first kappa shape index (κ1) is 15.0. The van der Waals surface area contributed by atoms with Gasteiger partial charge >= 0.3 is 0 Å². The Balaban J connectivity index is 2.06. The Labute approximate surface area is 122 Å². The zero-order valence-electron chi connectivity index (χ0n) is 12.5. The van der Waals surface area contributed by atoms with Gasteiger partial charge in [0.2, 0.25) is 0 Å². The van der Waals surface area contributed by atoms with Gasteiger partial charge < -0.3 is 10.6 Å². The second-order valence-electron chi connectivity index (χ2n) is 5.97. The van der Waals surface area contributed by atoms with Gasteiger partial charge in [0.15, 0.2) is 0 Å². The molecule has 0 radical (unpaired) electrons. The van der Waals surface area contributed by atoms with Gasteiger partial charge in [0.25, 0.3) is 0 Å². The van der Waals surface area contributed by atoms with Crippen molar-refractivity contribution in [3.8, 4) is 0 Å². The Morgan fingerprint density at radius 2 is 2.10 bits per heavy atom. The highest BCUT2D eigenvalue weighted by Gasteiger charge is 2.28. The minimum Gasteiger partial charge on any atom is -0.387 e. The maximum atomic E-state index is 7.90. The highest BCUT2D eigenvalue weighted by atomic mass is 15.2. The summed E-state index contributed by atoms with van der Waals surface area (Å²) >= 11 is 0. The lowest BCUT2D eigenvalue weighted by Gasteiger charge is -2.30. The average Bonchev–Trinajstić information content (AvgIpc) is 2.83. The highest BCUT2D eigenvalue weighted by Crippen LogP contribution is 2.23. The van der Waals surface area contributed by atoms with Gasteiger partial charge in [-0.1, -0.05) is 30.3 Å². The molecule has 0 spiro atoms. The standard InChI is InChI=1S/C16H26N4/c1-19(2)11-14-9-6-10-20(14)12-15(16(17)18)13-7-4-3-5-8-13/h3-5,7-8,14-15H,6,9-12H2,1-2H3,(H3,17,18). The summed E-state index contributed by atoms with van der Waals surface area (Å²) in [5.74, 6) is 0.283. The number of nitrogens with one attached hydrogen (secondary N) is 1. The van der Waals surface area contributed by atoms with Crippen LogP contribution in [0.4, 0.5) is 0 Å². The minimum atomic E-state index is 0.0129. The smallest absolute Gasteiger partial charge is 0.0995 e. The van der Waals surface area contributed by atoms with Crippen LogP contribution in [-0.4, -0.2) is 55.4 Å². The van der Waals surface area contributed by atoms with Crippen molar-refractivity contribution in [2.45, 2.75) is 24.8 Å². The van der Waals surface area contributed by atoms with E-state index < -0.39 is 0 Å². The fraction of sp³-hybridized carbons (Fsp3) is 0.562. The number of hydrogen-bond acceptors (Lipinski definition) is 3. The van der Waals surface area contributed by atoms with Gasteiger partial charge in [0.1, 0.15) is 0 Å². The monoisotopic (exact) mass is 274 g/mol. The SMILES string of the molecule is CN(C)CC1CCCN1CC(C(=N)N)c1ccccc1. The highest BCUT2D eigenvalue weighted by molar-refractivity contribution is 5.84. The molecule has 4 heteroatoms. The molecular weight excluding hydrogens is 248 g/mol. The summed E-state index contributed by atoms with van der Waals surface area (Å²) in [6.07, 6.45) is 2.50. The molecule has 1 aromatic carbocycles. The summed E-state index contributed by atoms with van der Waals surface area (Å²) in [6, 6.07) is 10.8. The van der Waals surface area contributed by atoms with E-state index in [1.54, 1.807) is 0 Å². The summed E-state index contributed by atoms with van der Waals surface area (Å²) in [5, 5.41) is 7.90. The fourth-order valence-corrected chi connectivity index (χ4v) is 3.07. The van der Waals surface area contributed by atoms with Crippen LogP contribution < -0.4 is 5.73 Å². The number of rotatable bonds is 6. The molecule has 1 aliphatic heterocycles. The van der Waals surface area contributed by atoms with Crippen molar-refractivity contribution in [2.75, 3.05) is 33.7 Å². The molecule has 4 nitrogen and oxygen atoms in total. The van der Waals surface area contributed by atoms with Crippen molar-refractivity contribution in [1.29, 1.82) is 5.41 Å². The summed E-state index contributed by atoms with van der Waals surface area (Å²) in [6.45, 7) is 3.06. The Morgan fingerprint density at radius 1 is 1.40 bits per heavy atom. The quantitative estimate of drug-likeness (QED) is 0.613. The molecule has 3 N–H and O–H groups in total. The maximum absolute atomic E-state index is 7.90. The summed E-state index contributed by atoms with van der Waals surface area (Å²) in [5.41, 5.74) is 6.99. The average molecular weight is 274 g/mol. The zero-order valence-corrected chi connectivity index (χ0v) is 12.5. The Kier molecular flexibility index (Phi) is 5.15. The van der Waals surface area contributed by atoms with Crippen LogP contribution in [0.25, 0.3) is 0 Å². The number of likely N-dealkylation sites (N-methyl/N-ethyl adjacent to an activating group) is 1. The van der Waals surface area contributed by atoms with Crippen LogP contribution >= 0.6 is 0 Å². The van der Waals surface area contributed by atoms with Gasteiger partial charge in [-0.2, -0.15) is 0 Å². The number of hydrogen-bond donors (Lipinski definition) is 2. The van der Waals surface area contributed by atoms with Gasteiger partial charge in [-0.25, -0.2) is 0 Å². The fourth-order valence-electron chi connectivity index (χ4n) is 3.07. The van der Waals surface area contributed by atoms with E-state index in [2.05, 4.69) is 36.0 Å². The van der Waals surface area contributed by atoms with E-state index in [0.29, 0.717) is 6.04 Å². The maximum Gasteiger partial charge on any atom is 0.0995 e. The first-order chi connectivity index (χ1) is 9.58. The normalized spacial score (nSPS) is 21.2. The molecule has 110 valence electrons.